The van der Waals surface area contributed by atoms with E-state index in [1.807, 2.05) is 0 Å². The van der Waals surface area contributed by atoms with E-state index in [1.165, 1.54) is 24.3 Å². The SMILES string of the molecule is COC(=O)CN(C=O)c1ccc(Cl)nc1. The largest absolute Gasteiger partial charge is 0.468 e. The molecule has 0 aliphatic heterocycles. The lowest BCUT2D eigenvalue weighted by Gasteiger charge is -2.14. The normalized spacial score (nSPS) is 9.47. The summed E-state index contributed by atoms with van der Waals surface area (Å²) in [6.45, 7) is -0.149. The van der Waals surface area contributed by atoms with Gasteiger partial charge in [-0.1, -0.05) is 11.6 Å². The number of hydrogen-bond donors (Lipinski definition) is 0. The minimum absolute atomic E-state index is 0.149. The third kappa shape index (κ3) is 3.21. The molecule has 0 N–H and O–H groups in total. The van der Waals surface area contributed by atoms with Crippen LogP contribution in [0.15, 0.2) is 18.3 Å². The van der Waals surface area contributed by atoms with Crippen LogP contribution in [0.5, 0.6) is 0 Å². The van der Waals surface area contributed by atoms with Crippen LogP contribution < -0.4 is 4.90 Å². The maximum atomic E-state index is 11.0. The minimum Gasteiger partial charge on any atom is -0.468 e. The first-order chi connectivity index (χ1) is 7.17. The molecular weight excluding hydrogens is 220 g/mol. The zero-order valence-electron chi connectivity index (χ0n) is 8.01. The Bertz CT molecular complexity index is 353. The third-order valence-electron chi connectivity index (χ3n) is 1.70. The molecule has 0 unspecified atom stereocenters. The van der Waals surface area contributed by atoms with Gasteiger partial charge < -0.3 is 9.64 Å². The lowest BCUT2D eigenvalue weighted by molar-refractivity contribution is -0.139. The van der Waals surface area contributed by atoms with Crippen LogP contribution in [0, 0.1) is 0 Å². The quantitative estimate of drug-likeness (QED) is 0.436. The molecule has 80 valence electrons. The van der Waals surface area contributed by atoms with Gasteiger partial charge in [0.15, 0.2) is 0 Å². The van der Waals surface area contributed by atoms with E-state index < -0.39 is 5.97 Å². The second kappa shape index (κ2) is 5.31. The van der Waals surface area contributed by atoms with Gasteiger partial charge in [0.05, 0.1) is 19.0 Å². The van der Waals surface area contributed by atoms with E-state index in [0.717, 1.165) is 0 Å². The van der Waals surface area contributed by atoms with Gasteiger partial charge in [0.2, 0.25) is 6.41 Å². The van der Waals surface area contributed by atoms with Crippen LogP contribution in [0.3, 0.4) is 0 Å². The molecule has 0 saturated heterocycles. The summed E-state index contributed by atoms with van der Waals surface area (Å²) in [5, 5.41) is 0.322. The van der Waals surface area contributed by atoms with Crippen molar-refractivity contribution in [2.24, 2.45) is 0 Å². The Kier molecular flexibility index (Phi) is 4.05. The summed E-state index contributed by atoms with van der Waals surface area (Å²) in [6, 6.07) is 3.12. The fourth-order valence-corrected chi connectivity index (χ4v) is 1.04. The summed E-state index contributed by atoms with van der Waals surface area (Å²) in [4.78, 5) is 26.6. The minimum atomic E-state index is -0.503. The first-order valence-corrected chi connectivity index (χ1v) is 4.45. The van der Waals surface area contributed by atoms with E-state index in [4.69, 9.17) is 11.6 Å². The van der Waals surface area contributed by atoms with Crippen LogP contribution in [0.2, 0.25) is 5.15 Å². The Morgan fingerprint density at radius 1 is 1.67 bits per heavy atom. The number of rotatable bonds is 4. The Balaban J connectivity index is 2.78. The van der Waals surface area contributed by atoms with Gasteiger partial charge in [0, 0.05) is 0 Å². The highest BCUT2D eigenvalue weighted by Crippen LogP contribution is 2.13. The number of carbonyl (C=O) groups is 2. The standard InChI is InChI=1S/C9H9ClN2O3/c1-15-9(14)5-12(6-13)7-2-3-8(10)11-4-7/h2-4,6H,5H2,1H3. The van der Waals surface area contributed by atoms with Gasteiger partial charge in [0.1, 0.15) is 11.7 Å². The molecular formula is C9H9ClN2O3. The van der Waals surface area contributed by atoms with Crippen molar-refractivity contribution in [2.75, 3.05) is 18.6 Å². The van der Waals surface area contributed by atoms with Crippen LogP contribution >= 0.6 is 11.6 Å². The van der Waals surface area contributed by atoms with Crippen LogP contribution in [0.4, 0.5) is 5.69 Å². The fraction of sp³-hybridized carbons (Fsp3) is 0.222. The van der Waals surface area contributed by atoms with Crippen molar-refractivity contribution in [3.05, 3.63) is 23.5 Å². The van der Waals surface area contributed by atoms with E-state index in [1.54, 1.807) is 6.07 Å². The topological polar surface area (TPSA) is 59.5 Å². The predicted molar refractivity (Wildman–Crippen MR) is 54.7 cm³/mol. The molecule has 0 aliphatic rings. The first-order valence-electron chi connectivity index (χ1n) is 4.07. The molecule has 0 atom stereocenters. The van der Waals surface area contributed by atoms with E-state index in [2.05, 4.69) is 9.72 Å². The van der Waals surface area contributed by atoms with Gasteiger partial charge in [-0.25, -0.2) is 4.98 Å². The monoisotopic (exact) mass is 228 g/mol. The van der Waals surface area contributed by atoms with Gasteiger partial charge in [-0.05, 0) is 12.1 Å². The smallest absolute Gasteiger partial charge is 0.325 e. The first kappa shape index (κ1) is 11.5. The molecule has 0 spiro atoms. The molecule has 1 aromatic rings. The Morgan fingerprint density at radius 3 is 2.87 bits per heavy atom. The zero-order valence-corrected chi connectivity index (χ0v) is 8.77. The number of halogens is 1. The molecule has 0 radical (unpaired) electrons. The lowest BCUT2D eigenvalue weighted by Crippen LogP contribution is -2.29. The predicted octanol–water partition coefficient (Wildman–Crippen LogP) is 0.871. The Hall–Kier alpha value is -1.62. The summed E-state index contributed by atoms with van der Waals surface area (Å²) < 4.78 is 4.44. The van der Waals surface area contributed by atoms with Gasteiger partial charge in [0.25, 0.3) is 0 Å². The molecule has 15 heavy (non-hydrogen) atoms. The number of hydrogen-bond acceptors (Lipinski definition) is 4. The molecule has 1 aromatic heterocycles. The Morgan fingerprint density at radius 2 is 2.40 bits per heavy atom. The van der Waals surface area contributed by atoms with Crippen LogP contribution in [0.25, 0.3) is 0 Å². The number of esters is 1. The highest BCUT2D eigenvalue weighted by molar-refractivity contribution is 6.29. The highest BCUT2D eigenvalue weighted by Gasteiger charge is 2.10. The zero-order chi connectivity index (χ0) is 11.3. The molecule has 6 heteroatoms. The number of amides is 1. The summed E-state index contributed by atoms with van der Waals surface area (Å²) in [5.74, 6) is -0.503. The summed E-state index contributed by atoms with van der Waals surface area (Å²) >= 11 is 5.58. The number of ether oxygens (including phenoxy) is 1. The van der Waals surface area contributed by atoms with E-state index in [9.17, 15) is 9.59 Å². The number of carbonyl (C=O) groups excluding carboxylic acids is 2. The maximum Gasteiger partial charge on any atom is 0.325 e. The van der Waals surface area contributed by atoms with Crippen molar-refractivity contribution in [3.8, 4) is 0 Å². The van der Waals surface area contributed by atoms with Crippen molar-refractivity contribution in [1.82, 2.24) is 4.98 Å². The highest BCUT2D eigenvalue weighted by atomic mass is 35.5. The molecule has 0 bridgehead atoms. The molecule has 1 heterocycles. The van der Waals surface area contributed by atoms with Gasteiger partial charge in [-0.15, -0.1) is 0 Å². The molecule has 0 saturated carbocycles. The second-order valence-corrected chi connectivity index (χ2v) is 3.04. The lowest BCUT2D eigenvalue weighted by atomic mass is 10.4. The number of methoxy groups -OCH3 is 1. The fourth-order valence-electron chi connectivity index (χ4n) is 0.931. The number of nitrogens with zero attached hydrogens (tertiary/aromatic N) is 2. The maximum absolute atomic E-state index is 11.0. The Labute approximate surface area is 91.6 Å². The average molecular weight is 229 g/mol. The van der Waals surface area contributed by atoms with Crippen molar-refractivity contribution in [1.29, 1.82) is 0 Å². The second-order valence-electron chi connectivity index (χ2n) is 2.65. The molecule has 0 aromatic carbocycles. The van der Waals surface area contributed by atoms with E-state index in [-0.39, 0.29) is 6.54 Å². The van der Waals surface area contributed by atoms with Crippen LogP contribution in [-0.2, 0) is 14.3 Å². The number of aromatic nitrogens is 1. The molecule has 0 fully saturated rings. The summed E-state index contributed by atoms with van der Waals surface area (Å²) in [5.41, 5.74) is 0.486. The van der Waals surface area contributed by atoms with Crippen molar-refractivity contribution >= 4 is 29.7 Å². The molecule has 5 nitrogen and oxygen atoms in total. The summed E-state index contributed by atoms with van der Waals surface area (Å²) in [6.07, 6.45) is 1.93. The number of anilines is 1. The van der Waals surface area contributed by atoms with Crippen molar-refractivity contribution in [3.63, 3.8) is 0 Å². The van der Waals surface area contributed by atoms with Crippen LogP contribution in [0.1, 0.15) is 0 Å². The van der Waals surface area contributed by atoms with Crippen molar-refractivity contribution in [2.45, 2.75) is 0 Å². The third-order valence-corrected chi connectivity index (χ3v) is 1.92. The number of pyridine rings is 1. The molecule has 1 rings (SSSR count). The molecule has 1 amide bonds. The van der Waals surface area contributed by atoms with E-state index in [0.29, 0.717) is 17.3 Å². The average Bonchev–Trinajstić information content (AvgIpc) is 2.27. The summed E-state index contributed by atoms with van der Waals surface area (Å²) in [7, 11) is 1.26. The van der Waals surface area contributed by atoms with Crippen LogP contribution in [-0.4, -0.2) is 31.0 Å². The van der Waals surface area contributed by atoms with Gasteiger partial charge >= 0.3 is 5.97 Å². The van der Waals surface area contributed by atoms with Gasteiger partial charge in [-0.2, -0.15) is 0 Å². The van der Waals surface area contributed by atoms with Gasteiger partial charge in [-0.3, -0.25) is 9.59 Å². The van der Waals surface area contributed by atoms with E-state index >= 15 is 0 Å². The van der Waals surface area contributed by atoms with Crippen molar-refractivity contribution < 1.29 is 14.3 Å². The molecule has 0 aliphatic carbocycles.